The minimum atomic E-state index is -4.06. The Kier molecular flexibility index (Phi) is 6.76. The molecule has 3 heterocycles. The number of hydrogen-bond acceptors (Lipinski definition) is 8. The van der Waals surface area contributed by atoms with Gasteiger partial charge in [-0.15, -0.1) is 8.78 Å². The third-order valence-corrected chi connectivity index (χ3v) is 8.17. The molecular weight excluding hydrogens is 620 g/mol. The van der Waals surface area contributed by atoms with Gasteiger partial charge in [-0.25, -0.2) is 13.4 Å². The van der Waals surface area contributed by atoms with E-state index in [1.54, 1.807) is 37.3 Å². The molecule has 5 aromatic rings. The molecule has 6 rings (SSSR count). The molecule has 0 unspecified atom stereocenters. The van der Waals surface area contributed by atoms with Crippen molar-refractivity contribution in [1.82, 2.24) is 14.8 Å². The van der Waals surface area contributed by atoms with E-state index in [0.717, 1.165) is 17.0 Å². The molecule has 1 aliphatic heterocycles. The number of sulfone groups is 1. The van der Waals surface area contributed by atoms with Gasteiger partial charge in [0, 0.05) is 36.9 Å². The summed E-state index contributed by atoms with van der Waals surface area (Å²) in [6.45, 7) is 1.56. The van der Waals surface area contributed by atoms with Crippen molar-refractivity contribution < 1.29 is 44.7 Å². The van der Waals surface area contributed by atoms with Crippen molar-refractivity contribution in [3.63, 3.8) is 0 Å². The molecule has 0 spiro atoms. The van der Waals surface area contributed by atoms with Gasteiger partial charge >= 0.3 is 12.2 Å². The Bertz CT molecular complexity index is 2120. The van der Waals surface area contributed by atoms with E-state index in [0.29, 0.717) is 27.8 Å². The zero-order valence-electron chi connectivity index (χ0n) is 23.6. The molecule has 0 fully saturated rings. The van der Waals surface area contributed by atoms with Crippen molar-refractivity contribution in [2.24, 2.45) is 12.8 Å². The molecule has 0 saturated heterocycles. The summed E-state index contributed by atoms with van der Waals surface area (Å²) >= 11 is 0. The lowest BCUT2D eigenvalue weighted by atomic mass is 9.94. The Morgan fingerprint density at radius 2 is 1.62 bits per heavy atom. The summed E-state index contributed by atoms with van der Waals surface area (Å²) in [5, 5.41) is 3.82. The average Bonchev–Trinajstić information content (AvgIpc) is 3.64. The van der Waals surface area contributed by atoms with Crippen molar-refractivity contribution in [3.8, 4) is 56.5 Å². The summed E-state index contributed by atoms with van der Waals surface area (Å²) in [6.07, 6.45) is -2.77. The van der Waals surface area contributed by atoms with Crippen LogP contribution in [0, 0.1) is 6.92 Å². The number of nitrogens with zero attached hydrogens (tertiary/aromatic N) is 3. The first-order valence-corrected chi connectivity index (χ1v) is 15.0. The van der Waals surface area contributed by atoms with E-state index in [-0.39, 0.29) is 39.4 Å². The molecular formula is C30H22F4N4O6S. The second-order valence-electron chi connectivity index (χ2n) is 10.3. The van der Waals surface area contributed by atoms with Gasteiger partial charge in [0.25, 0.3) is 5.91 Å². The number of rotatable bonds is 7. The van der Waals surface area contributed by atoms with Crippen molar-refractivity contribution >= 4 is 15.7 Å². The standard InChI is InChI=1S/C30H22F4N4O6S/c1-15-36-26(18-8-10-23-24(13-18)44-30(33,34)43-23)27(42-15)21-12-17(16-5-4-6-19(11-16)45(3,40)41)7-9-20(21)22-14-25(37-38(22)2)29(31,32)28(35)39/h4-14H,1-3H3,(H2,35,39). The summed E-state index contributed by atoms with van der Waals surface area (Å²) in [5.74, 6) is -6.06. The number of amides is 1. The van der Waals surface area contributed by atoms with E-state index in [2.05, 4.69) is 19.6 Å². The first-order valence-electron chi connectivity index (χ1n) is 13.1. The summed E-state index contributed by atoms with van der Waals surface area (Å²) < 4.78 is 97.4. The van der Waals surface area contributed by atoms with Crippen molar-refractivity contribution in [2.75, 3.05) is 6.26 Å². The number of ether oxygens (including phenoxy) is 2. The lowest BCUT2D eigenvalue weighted by molar-refractivity contribution is -0.286. The highest BCUT2D eigenvalue weighted by molar-refractivity contribution is 7.90. The van der Waals surface area contributed by atoms with E-state index in [9.17, 15) is 30.8 Å². The van der Waals surface area contributed by atoms with E-state index >= 15 is 0 Å². The number of fused-ring (bicyclic) bond motifs is 1. The van der Waals surface area contributed by atoms with Crippen LogP contribution in [-0.2, 0) is 27.6 Å². The SMILES string of the molecule is Cc1nc(-c2ccc3c(c2)OC(F)(F)O3)c(-c2cc(-c3cccc(S(C)(=O)=O)c3)ccc2-c2cc(C(F)(F)C(N)=O)nn2C)o1. The molecule has 0 radical (unpaired) electrons. The minimum absolute atomic E-state index is 0.0731. The number of carbonyl (C=O) groups excluding carboxylic acids is 1. The van der Waals surface area contributed by atoms with Crippen LogP contribution in [-0.4, -0.2) is 41.6 Å². The molecule has 3 aromatic carbocycles. The minimum Gasteiger partial charge on any atom is -0.440 e. The number of aryl methyl sites for hydroxylation is 2. The Hall–Kier alpha value is -5.18. The number of carbonyl (C=O) groups is 1. The molecule has 2 N–H and O–H groups in total. The highest BCUT2D eigenvalue weighted by Gasteiger charge is 2.44. The number of hydrogen-bond donors (Lipinski definition) is 1. The zero-order valence-corrected chi connectivity index (χ0v) is 24.5. The van der Waals surface area contributed by atoms with Crippen LogP contribution in [0.15, 0.2) is 76.0 Å². The highest BCUT2D eigenvalue weighted by atomic mass is 32.2. The summed E-state index contributed by atoms with van der Waals surface area (Å²) in [6, 6.07) is 16.1. The van der Waals surface area contributed by atoms with Gasteiger partial charge in [-0.05, 0) is 53.6 Å². The van der Waals surface area contributed by atoms with Crippen LogP contribution in [0.4, 0.5) is 17.6 Å². The van der Waals surface area contributed by atoms with Crippen molar-refractivity contribution in [1.29, 1.82) is 0 Å². The molecule has 0 saturated carbocycles. The third-order valence-electron chi connectivity index (χ3n) is 7.06. The van der Waals surface area contributed by atoms with E-state index in [4.69, 9.17) is 10.2 Å². The van der Waals surface area contributed by atoms with E-state index in [1.165, 1.54) is 37.4 Å². The van der Waals surface area contributed by atoms with Crippen LogP contribution in [0.1, 0.15) is 11.6 Å². The topological polar surface area (TPSA) is 140 Å². The number of halogens is 4. The van der Waals surface area contributed by atoms with Gasteiger partial charge in [0.05, 0.1) is 10.6 Å². The van der Waals surface area contributed by atoms with Gasteiger partial charge in [0.1, 0.15) is 11.4 Å². The lowest BCUT2D eigenvalue weighted by Gasteiger charge is -2.13. The second-order valence-corrected chi connectivity index (χ2v) is 12.3. The van der Waals surface area contributed by atoms with Gasteiger partial charge < -0.3 is 19.6 Å². The number of benzene rings is 3. The fourth-order valence-corrected chi connectivity index (χ4v) is 5.61. The van der Waals surface area contributed by atoms with Crippen molar-refractivity contribution in [2.45, 2.75) is 24.0 Å². The lowest BCUT2D eigenvalue weighted by Crippen LogP contribution is -2.33. The maximum atomic E-state index is 14.6. The Labute approximate surface area is 252 Å². The average molecular weight is 643 g/mol. The van der Waals surface area contributed by atoms with Gasteiger partial charge in [0.2, 0.25) is 0 Å². The monoisotopic (exact) mass is 642 g/mol. The number of primary amides is 1. The molecule has 0 atom stereocenters. The molecule has 45 heavy (non-hydrogen) atoms. The fraction of sp³-hybridized carbons (Fsp3) is 0.167. The largest absolute Gasteiger partial charge is 0.586 e. The highest BCUT2D eigenvalue weighted by Crippen LogP contribution is 2.46. The third kappa shape index (κ3) is 5.39. The maximum Gasteiger partial charge on any atom is 0.586 e. The molecule has 0 aliphatic carbocycles. The number of alkyl halides is 4. The summed E-state index contributed by atoms with van der Waals surface area (Å²) in [4.78, 5) is 16.0. The molecule has 1 amide bonds. The van der Waals surface area contributed by atoms with Gasteiger partial charge in [0.15, 0.2) is 33.0 Å². The fourth-order valence-electron chi connectivity index (χ4n) is 4.94. The van der Waals surface area contributed by atoms with E-state index in [1.807, 2.05) is 0 Å². The summed E-state index contributed by atoms with van der Waals surface area (Å²) in [5.41, 5.74) is 6.33. The molecule has 1 aliphatic rings. The van der Waals surface area contributed by atoms with Crippen LogP contribution in [0.5, 0.6) is 11.5 Å². The Morgan fingerprint density at radius 1 is 0.933 bits per heavy atom. The molecule has 0 bridgehead atoms. The smallest absolute Gasteiger partial charge is 0.440 e. The predicted octanol–water partition coefficient (Wildman–Crippen LogP) is 5.69. The predicted molar refractivity (Wildman–Crippen MR) is 152 cm³/mol. The Balaban J connectivity index is 1.58. The van der Waals surface area contributed by atoms with Crippen molar-refractivity contribution in [3.05, 3.63) is 78.3 Å². The summed E-state index contributed by atoms with van der Waals surface area (Å²) in [7, 11) is -2.15. The molecule has 2 aromatic heterocycles. The van der Waals surface area contributed by atoms with Crippen LogP contribution < -0.4 is 15.2 Å². The van der Waals surface area contributed by atoms with Crippen LogP contribution in [0.2, 0.25) is 0 Å². The number of oxazole rings is 1. The number of nitrogens with two attached hydrogens (primary N) is 1. The molecule has 10 nitrogen and oxygen atoms in total. The normalized spacial score (nSPS) is 14.1. The number of aromatic nitrogens is 3. The van der Waals surface area contributed by atoms with Crippen LogP contribution in [0.3, 0.4) is 0 Å². The maximum absolute atomic E-state index is 14.6. The molecule has 232 valence electrons. The first kappa shape index (κ1) is 29.9. The first-order chi connectivity index (χ1) is 21.0. The van der Waals surface area contributed by atoms with Gasteiger partial charge in [-0.2, -0.15) is 13.9 Å². The Morgan fingerprint density at radius 3 is 2.33 bits per heavy atom. The zero-order chi connectivity index (χ0) is 32.5. The van der Waals surface area contributed by atoms with Crippen LogP contribution in [0.25, 0.3) is 45.0 Å². The van der Waals surface area contributed by atoms with Gasteiger partial charge in [-0.3, -0.25) is 9.48 Å². The van der Waals surface area contributed by atoms with Crippen LogP contribution >= 0.6 is 0 Å². The van der Waals surface area contributed by atoms with E-state index < -0.39 is 33.7 Å². The quantitative estimate of drug-likeness (QED) is 0.224. The van der Waals surface area contributed by atoms with Gasteiger partial charge in [-0.1, -0.05) is 24.3 Å². The molecule has 15 heteroatoms. The second kappa shape index (κ2) is 10.2.